The van der Waals surface area contributed by atoms with Gasteiger partial charge in [-0.2, -0.15) is 0 Å². The molecule has 1 aliphatic carbocycles. The molecule has 8 nitrogen and oxygen atoms in total. The standard InChI is InChI=1S/C14H17N5O3/c20-9-14(5-6-14)8-15-13(21)7-22-12-3-1-11(2-4-12)19-10-16-17-18-19/h1-4,10,20H,5-9H2,(H,15,21). The SMILES string of the molecule is O=C(COc1ccc(-n2cnnn2)cc1)NCC1(CO)CC1. The first-order valence-electron chi connectivity index (χ1n) is 7.05. The molecule has 1 heterocycles. The first kappa shape index (κ1) is 14.5. The molecule has 0 saturated heterocycles. The summed E-state index contributed by atoms with van der Waals surface area (Å²) in [6.45, 7) is 0.572. The van der Waals surface area contributed by atoms with E-state index in [1.165, 1.54) is 11.0 Å². The fourth-order valence-corrected chi connectivity index (χ4v) is 2.03. The number of aromatic nitrogens is 4. The number of aliphatic hydroxyl groups excluding tert-OH is 1. The molecule has 0 radical (unpaired) electrons. The predicted molar refractivity (Wildman–Crippen MR) is 76.4 cm³/mol. The van der Waals surface area contributed by atoms with Gasteiger partial charge in [0.15, 0.2) is 6.61 Å². The number of hydrogen-bond acceptors (Lipinski definition) is 6. The molecule has 0 bridgehead atoms. The number of aliphatic hydroxyl groups is 1. The fourth-order valence-electron chi connectivity index (χ4n) is 2.03. The van der Waals surface area contributed by atoms with Crippen molar-refractivity contribution >= 4 is 5.91 Å². The summed E-state index contributed by atoms with van der Waals surface area (Å²) in [5, 5.41) is 22.9. The summed E-state index contributed by atoms with van der Waals surface area (Å²) in [5.74, 6) is 0.402. The molecule has 0 unspecified atom stereocenters. The number of nitrogens with one attached hydrogen (secondary N) is 1. The molecule has 1 saturated carbocycles. The minimum atomic E-state index is -0.190. The third kappa shape index (κ3) is 3.40. The molecule has 2 aromatic rings. The van der Waals surface area contributed by atoms with Crippen molar-refractivity contribution in [2.45, 2.75) is 12.8 Å². The molecule has 1 aromatic heterocycles. The number of carbonyl (C=O) groups excluding carboxylic acids is 1. The lowest BCUT2D eigenvalue weighted by Gasteiger charge is -2.13. The minimum absolute atomic E-state index is 0.0499. The van der Waals surface area contributed by atoms with Gasteiger partial charge in [0.1, 0.15) is 12.1 Å². The van der Waals surface area contributed by atoms with Gasteiger partial charge in [0.25, 0.3) is 5.91 Å². The van der Waals surface area contributed by atoms with Crippen LogP contribution in [0.5, 0.6) is 5.75 Å². The normalized spacial score (nSPS) is 15.3. The topological polar surface area (TPSA) is 102 Å². The van der Waals surface area contributed by atoms with E-state index in [-0.39, 0.29) is 24.5 Å². The van der Waals surface area contributed by atoms with E-state index in [2.05, 4.69) is 20.8 Å². The van der Waals surface area contributed by atoms with Crippen LogP contribution in [0.1, 0.15) is 12.8 Å². The van der Waals surface area contributed by atoms with E-state index in [1.54, 1.807) is 24.3 Å². The average Bonchev–Trinajstić information content (AvgIpc) is 3.14. The van der Waals surface area contributed by atoms with Crippen LogP contribution in [0.2, 0.25) is 0 Å². The lowest BCUT2D eigenvalue weighted by atomic mass is 10.1. The maximum absolute atomic E-state index is 11.7. The minimum Gasteiger partial charge on any atom is -0.484 e. The Morgan fingerprint density at radius 1 is 1.36 bits per heavy atom. The summed E-state index contributed by atoms with van der Waals surface area (Å²) in [7, 11) is 0. The van der Waals surface area contributed by atoms with Crippen LogP contribution < -0.4 is 10.1 Å². The third-order valence-corrected chi connectivity index (χ3v) is 3.77. The number of benzene rings is 1. The summed E-state index contributed by atoms with van der Waals surface area (Å²) in [5.41, 5.74) is 0.712. The highest BCUT2D eigenvalue weighted by atomic mass is 16.5. The van der Waals surface area contributed by atoms with E-state index in [9.17, 15) is 9.90 Å². The number of rotatable bonds is 7. The highest BCUT2D eigenvalue weighted by molar-refractivity contribution is 5.77. The van der Waals surface area contributed by atoms with Gasteiger partial charge in [-0.1, -0.05) is 0 Å². The van der Waals surface area contributed by atoms with Gasteiger partial charge < -0.3 is 15.2 Å². The zero-order valence-electron chi connectivity index (χ0n) is 12.0. The van der Waals surface area contributed by atoms with Crippen LogP contribution >= 0.6 is 0 Å². The van der Waals surface area contributed by atoms with Crippen molar-refractivity contribution in [2.75, 3.05) is 19.8 Å². The highest BCUT2D eigenvalue weighted by Gasteiger charge is 2.42. The Hall–Kier alpha value is -2.48. The second-order valence-corrected chi connectivity index (χ2v) is 5.47. The van der Waals surface area contributed by atoms with Crippen LogP contribution in [0.25, 0.3) is 5.69 Å². The third-order valence-electron chi connectivity index (χ3n) is 3.77. The van der Waals surface area contributed by atoms with Gasteiger partial charge >= 0.3 is 0 Å². The molecule has 1 fully saturated rings. The Kier molecular flexibility index (Phi) is 4.01. The molecule has 0 aliphatic heterocycles. The van der Waals surface area contributed by atoms with Gasteiger partial charge in [-0.3, -0.25) is 4.79 Å². The van der Waals surface area contributed by atoms with Crippen molar-refractivity contribution in [3.63, 3.8) is 0 Å². The van der Waals surface area contributed by atoms with Gasteiger partial charge in [0, 0.05) is 12.0 Å². The fraction of sp³-hybridized carbons (Fsp3) is 0.429. The van der Waals surface area contributed by atoms with Gasteiger partial charge in [0.05, 0.1) is 12.3 Å². The predicted octanol–water partition coefficient (Wildman–Crippen LogP) is -0.0702. The molecule has 0 spiro atoms. The Morgan fingerprint density at radius 2 is 2.14 bits per heavy atom. The first-order chi connectivity index (χ1) is 10.7. The highest BCUT2D eigenvalue weighted by Crippen LogP contribution is 2.44. The molecule has 22 heavy (non-hydrogen) atoms. The number of amides is 1. The van der Waals surface area contributed by atoms with Crippen molar-refractivity contribution in [2.24, 2.45) is 5.41 Å². The van der Waals surface area contributed by atoms with Crippen molar-refractivity contribution in [1.82, 2.24) is 25.5 Å². The molecule has 116 valence electrons. The van der Waals surface area contributed by atoms with Gasteiger partial charge in [-0.15, -0.1) is 5.10 Å². The Labute approximate surface area is 127 Å². The molecule has 1 aromatic carbocycles. The van der Waals surface area contributed by atoms with Crippen LogP contribution in [-0.4, -0.2) is 51.0 Å². The zero-order chi connectivity index (χ0) is 15.4. The zero-order valence-corrected chi connectivity index (χ0v) is 12.0. The Bertz CT molecular complexity index is 622. The molecule has 0 atom stereocenters. The molecular formula is C14H17N5O3. The summed E-state index contributed by atoms with van der Waals surface area (Å²) in [4.78, 5) is 11.7. The van der Waals surface area contributed by atoms with Gasteiger partial charge in [0.2, 0.25) is 0 Å². The molecule has 1 amide bonds. The Morgan fingerprint density at radius 3 is 2.73 bits per heavy atom. The Balaban J connectivity index is 1.46. The van der Waals surface area contributed by atoms with Gasteiger partial charge in [-0.25, -0.2) is 4.68 Å². The van der Waals surface area contributed by atoms with Crippen molar-refractivity contribution < 1.29 is 14.6 Å². The average molecular weight is 303 g/mol. The first-order valence-corrected chi connectivity index (χ1v) is 7.05. The molecule has 1 aliphatic rings. The number of tetrazole rings is 1. The number of hydrogen-bond donors (Lipinski definition) is 2. The van der Waals surface area contributed by atoms with Crippen molar-refractivity contribution in [3.8, 4) is 11.4 Å². The second-order valence-electron chi connectivity index (χ2n) is 5.47. The maximum atomic E-state index is 11.7. The summed E-state index contributed by atoms with van der Waals surface area (Å²) in [6.07, 6.45) is 3.42. The number of ether oxygens (including phenoxy) is 1. The van der Waals surface area contributed by atoms with E-state index < -0.39 is 0 Å². The summed E-state index contributed by atoms with van der Waals surface area (Å²) < 4.78 is 6.95. The van der Waals surface area contributed by atoms with Crippen LogP contribution in [-0.2, 0) is 4.79 Å². The lowest BCUT2D eigenvalue weighted by Crippen LogP contribution is -2.35. The quantitative estimate of drug-likeness (QED) is 0.742. The maximum Gasteiger partial charge on any atom is 0.257 e. The molecule has 3 rings (SSSR count). The van der Waals surface area contributed by atoms with Gasteiger partial charge in [-0.05, 0) is 47.5 Å². The van der Waals surface area contributed by atoms with Crippen molar-refractivity contribution in [3.05, 3.63) is 30.6 Å². The second kappa shape index (κ2) is 6.10. The van der Waals surface area contributed by atoms with Crippen molar-refractivity contribution in [1.29, 1.82) is 0 Å². The molecule has 2 N–H and O–H groups in total. The molecular weight excluding hydrogens is 286 g/mol. The van der Waals surface area contributed by atoms with Crippen LogP contribution in [0, 0.1) is 5.41 Å². The van der Waals surface area contributed by atoms with Crippen LogP contribution in [0.4, 0.5) is 0 Å². The van der Waals surface area contributed by atoms with Crippen LogP contribution in [0.3, 0.4) is 0 Å². The monoisotopic (exact) mass is 303 g/mol. The van der Waals surface area contributed by atoms with E-state index >= 15 is 0 Å². The lowest BCUT2D eigenvalue weighted by molar-refractivity contribution is -0.123. The van der Waals surface area contributed by atoms with E-state index in [0.717, 1.165) is 18.5 Å². The smallest absolute Gasteiger partial charge is 0.257 e. The van der Waals surface area contributed by atoms with E-state index in [1.807, 2.05) is 0 Å². The van der Waals surface area contributed by atoms with E-state index in [0.29, 0.717) is 12.3 Å². The summed E-state index contributed by atoms with van der Waals surface area (Å²) >= 11 is 0. The number of carbonyl (C=O) groups is 1. The number of nitrogens with zero attached hydrogens (tertiary/aromatic N) is 4. The molecule has 8 heteroatoms. The summed E-state index contributed by atoms with van der Waals surface area (Å²) in [6, 6.07) is 7.10. The van der Waals surface area contributed by atoms with Crippen LogP contribution in [0.15, 0.2) is 30.6 Å². The largest absolute Gasteiger partial charge is 0.484 e. The van der Waals surface area contributed by atoms with E-state index in [4.69, 9.17) is 4.74 Å².